The maximum atomic E-state index is 12.5. The average molecular weight is 452 g/mol. The van der Waals surface area contributed by atoms with Gasteiger partial charge in [0.05, 0.1) is 24.4 Å². The average Bonchev–Trinajstić information content (AvgIpc) is 3.64. The van der Waals surface area contributed by atoms with E-state index in [0.29, 0.717) is 25.5 Å². The molecule has 1 saturated heterocycles. The van der Waals surface area contributed by atoms with E-state index in [2.05, 4.69) is 62.0 Å². The number of anilines is 3. The lowest BCUT2D eigenvalue weighted by molar-refractivity contribution is -0.134. The van der Waals surface area contributed by atoms with Crippen LogP contribution < -0.4 is 15.5 Å². The molecule has 2 N–H and O–H groups in total. The molecule has 7 heteroatoms. The van der Waals surface area contributed by atoms with E-state index in [1.165, 1.54) is 35.3 Å². The molecule has 4 rings (SSSR count). The molecule has 1 saturated carbocycles. The van der Waals surface area contributed by atoms with Crippen LogP contribution in [0.4, 0.5) is 17.2 Å². The Hall–Kier alpha value is -2.80. The number of hydrogen-bond donors (Lipinski definition) is 1. The summed E-state index contributed by atoms with van der Waals surface area (Å²) in [5.74, 6) is 1.52. The summed E-state index contributed by atoms with van der Waals surface area (Å²) < 4.78 is 5.08. The fraction of sp³-hybridized carbons (Fsp3) is 0.538. The fourth-order valence-electron chi connectivity index (χ4n) is 4.78. The van der Waals surface area contributed by atoms with Crippen molar-refractivity contribution in [3.8, 4) is 11.1 Å². The van der Waals surface area contributed by atoms with Crippen molar-refractivity contribution in [2.24, 2.45) is 0 Å². The summed E-state index contributed by atoms with van der Waals surface area (Å²) in [4.78, 5) is 24.1. The zero-order valence-corrected chi connectivity index (χ0v) is 20.6. The zero-order chi connectivity index (χ0) is 23.7. The molecule has 0 unspecified atom stereocenters. The number of rotatable bonds is 7. The summed E-state index contributed by atoms with van der Waals surface area (Å²) in [6, 6.07) is 8.71. The van der Waals surface area contributed by atoms with Crippen LogP contribution in [0.15, 0.2) is 24.3 Å². The van der Waals surface area contributed by atoms with Gasteiger partial charge in [0.1, 0.15) is 0 Å². The lowest BCUT2D eigenvalue weighted by Crippen LogP contribution is -2.54. The van der Waals surface area contributed by atoms with E-state index in [9.17, 15) is 4.79 Å². The predicted molar refractivity (Wildman–Crippen MR) is 135 cm³/mol. The van der Waals surface area contributed by atoms with Gasteiger partial charge in [-0.15, -0.1) is 0 Å². The van der Waals surface area contributed by atoms with Crippen LogP contribution in [0.25, 0.3) is 11.1 Å². The molecule has 2 heterocycles. The van der Waals surface area contributed by atoms with E-state index in [1.807, 2.05) is 4.90 Å². The second-order valence-electron chi connectivity index (χ2n) is 9.58. The number of amides is 1. The summed E-state index contributed by atoms with van der Waals surface area (Å²) in [5.41, 5.74) is 13.3. The van der Waals surface area contributed by atoms with Crippen LogP contribution in [-0.4, -0.2) is 69.3 Å². The first-order valence-corrected chi connectivity index (χ1v) is 11.9. The second kappa shape index (κ2) is 9.59. The molecule has 0 spiro atoms. The van der Waals surface area contributed by atoms with Gasteiger partial charge in [0.25, 0.3) is 0 Å². The third-order valence-corrected chi connectivity index (χ3v) is 6.89. The number of methoxy groups -OCH3 is 1. The Kier molecular flexibility index (Phi) is 6.79. The van der Waals surface area contributed by atoms with Crippen molar-refractivity contribution in [3.05, 3.63) is 35.5 Å². The molecule has 33 heavy (non-hydrogen) atoms. The summed E-state index contributed by atoms with van der Waals surface area (Å²) in [7, 11) is 5.75. The Labute approximate surface area is 197 Å². The van der Waals surface area contributed by atoms with Crippen molar-refractivity contribution in [1.29, 1.82) is 0 Å². The Morgan fingerprint density at radius 2 is 2.03 bits per heavy atom. The number of ether oxygens (including phenoxy) is 1. The monoisotopic (exact) mass is 451 g/mol. The van der Waals surface area contributed by atoms with Crippen LogP contribution in [0.5, 0.6) is 0 Å². The summed E-state index contributed by atoms with van der Waals surface area (Å²) in [6.07, 6.45) is 2.77. The first-order chi connectivity index (χ1) is 15.8. The van der Waals surface area contributed by atoms with E-state index < -0.39 is 0 Å². The number of piperazine rings is 1. The Morgan fingerprint density at radius 1 is 1.27 bits per heavy atom. The van der Waals surface area contributed by atoms with Crippen LogP contribution in [-0.2, 0) is 9.53 Å². The van der Waals surface area contributed by atoms with Gasteiger partial charge in [0.15, 0.2) is 5.82 Å². The highest BCUT2D eigenvalue weighted by atomic mass is 16.5. The summed E-state index contributed by atoms with van der Waals surface area (Å²) in [6.45, 7) is 6.82. The van der Waals surface area contributed by atoms with Crippen LogP contribution in [0.2, 0.25) is 0 Å². The largest absolute Gasteiger partial charge is 0.396 e. The van der Waals surface area contributed by atoms with E-state index in [1.54, 1.807) is 7.11 Å². The quantitative estimate of drug-likeness (QED) is 0.693. The zero-order valence-electron chi connectivity index (χ0n) is 20.6. The van der Waals surface area contributed by atoms with E-state index >= 15 is 0 Å². The summed E-state index contributed by atoms with van der Waals surface area (Å²) in [5, 5.41) is 0. The van der Waals surface area contributed by atoms with Gasteiger partial charge in [-0.3, -0.25) is 4.79 Å². The smallest absolute Gasteiger partial charge is 0.225 e. The summed E-state index contributed by atoms with van der Waals surface area (Å²) >= 11 is 0. The van der Waals surface area contributed by atoms with Gasteiger partial charge < -0.3 is 25.2 Å². The number of aromatic nitrogens is 1. The maximum Gasteiger partial charge on any atom is 0.225 e. The van der Waals surface area contributed by atoms with Crippen molar-refractivity contribution in [2.45, 2.75) is 45.1 Å². The van der Waals surface area contributed by atoms with Crippen LogP contribution in [0, 0.1) is 6.92 Å². The minimum Gasteiger partial charge on any atom is -0.396 e. The number of hydrogen-bond acceptors (Lipinski definition) is 6. The first kappa shape index (κ1) is 23.4. The highest BCUT2D eigenvalue weighted by Gasteiger charge is 2.34. The van der Waals surface area contributed by atoms with Crippen molar-refractivity contribution >= 4 is 23.1 Å². The van der Waals surface area contributed by atoms with Crippen molar-refractivity contribution in [2.75, 3.05) is 63.0 Å². The van der Waals surface area contributed by atoms with Crippen LogP contribution in [0.3, 0.4) is 0 Å². The third kappa shape index (κ3) is 4.78. The fourth-order valence-corrected chi connectivity index (χ4v) is 4.78. The van der Waals surface area contributed by atoms with Gasteiger partial charge in [0, 0.05) is 64.0 Å². The van der Waals surface area contributed by atoms with Crippen LogP contribution in [0.1, 0.15) is 43.4 Å². The molecule has 1 amide bonds. The molecule has 1 aliphatic heterocycles. The minimum atomic E-state index is 0.102. The van der Waals surface area contributed by atoms with Crippen molar-refractivity contribution in [1.82, 2.24) is 9.88 Å². The molecule has 2 aromatic rings. The number of nitrogens with two attached hydrogens (primary N) is 1. The molecular formula is C26H37N5O2. The Morgan fingerprint density at radius 3 is 2.67 bits per heavy atom. The lowest BCUT2D eigenvalue weighted by atomic mass is 9.94. The van der Waals surface area contributed by atoms with Gasteiger partial charge >= 0.3 is 0 Å². The standard InChI is InChI=1S/C26H37N5O2/c1-17-16-30(12-13-31(17)22(32)11-14-33-5)26-24(27)18(2)23(25(28-26)19-9-10-19)20-7-6-8-21(15-20)29(3)4/h6-8,15,17,19H,9-14,16,27H2,1-5H3/t17-/m1/s1. The molecule has 2 fully saturated rings. The molecule has 7 nitrogen and oxygen atoms in total. The third-order valence-electron chi connectivity index (χ3n) is 6.89. The SMILES string of the molecule is COCCC(=O)N1CCN(c2nc(C3CC3)c(-c3cccc(N(C)C)c3)c(C)c2N)C[C@H]1C. The highest BCUT2D eigenvalue weighted by molar-refractivity contribution is 5.83. The number of nitrogen functional groups attached to an aromatic ring is 1. The number of carbonyl (C=O) groups excluding carboxylic acids is 1. The molecule has 0 radical (unpaired) electrons. The van der Waals surface area contributed by atoms with Gasteiger partial charge in [-0.05, 0) is 49.9 Å². The van der Waals surface area contributed by atoms with Gasteiger partial charge in [-0.1, -0.05) is 12.1 Å². The van der Waals surface area contributed by atoms with Crippen LogP contribution >= 0.6 is 0 Å². The highest BCUT2D eigenvalue weighted by Crippen LogP contribution is 2.47. The molecule has 178 valence electrons. The minimum absolute atomic E-state index is 0.102. The van der Waals surface area contributed by atoms with Gasteiger partial charge in [-0.25, -0.2) is 4.98 Å². The predicted octanol–water partition coefficient (Wildman–Crippen LogP) is 3.66. The number of benzene rings is 1. The normalized spacial score (nSPS) is 18.5. The molecule has 0 bridgehead atoms. The number of pyridine rings is 1. The topological polar surface area (TPSA) is 74.9 Å². The Balaban J connectivity index is 1.65. The van der Waals surface area contributed by atoms with E-state index in [-0.39, 0.29) is 11.9 Å². The number of nitrogens with zero attached hydrogens (tertiary/aromatic N) is 4. The molecule has 1 aromatic carbocycles. The van der Waals surface area contributed by atoms with E-state index in [4.69, 9.17) is 15.5 Å². The molecule has 1 aliphatic carbocycles. The van der Waals surface area contributed by atoms with Gasteiger partial charge in [-0.2, -0.15) is 0 Å². The second-order valence-corrected chi connectivity index (χ2v) is 9.58. The molecule has 2 aliphatic rings. The van der Waals surface area contributed by atoms with E-state index in [0.717, 1.165) is 30.2 Å². The Bertz CT molecular complexity index is 1020. The number of carbonyl (C=O) groups is 1. The van der Waals surface area contributed by atoms with Crippen molar-refractivity contribution < 1.29 is 9.53 Å². The maximum absolute atomic E-state index is 12.5. The van der Waals surface area contributed by atoms with Crippen molar-refractivity contribution in [3.63, 3.8) is 0 Å². The molecule has 1 atom stereocenters. The molecule has 1 aromatic heterocycles. The molecular weight excluding hydrogens is 414 g/mol. The van der Waals surface area contributed by atoms with Gasteiger partial charge in [0.2, 0.25) is 5.91 Å². The lowest BCUT2D eigenvalue weighted by Gasteiger charge is -2.41. The first-order valence-electron chi connectivity index (χ1n) is 11.9.